The number of aliphatic hydroxyl groups excluding tert-OH is 3. The van der Waals surface area contributed by atoms with Gasteiger partial charge in [0.25, 0.3) is 0 Å². The van der Waals surface area contributed by atoms with Crippen LogP contribution in [0.2, 0.25) is 0 Å². The van der Waals surface area contributed by atoms with Crippen molar-refractivity contribution in [1.82, 2.24) is 25.0 Å². The van der Waals surface area contributed by atoms with E-state index in [-0.39, 0.29) is 31.6 Å². The largest absolute Gasteiger partial charge is 0.394 e. The smallest absolute Gasteiger partial charge is 0.184 e. The number of hydrogen-bond donors (Lipinski definition) is 4. The van der Waals surface area contributed by atoms with E-state index in [1.165, 1.54) is 10.7 Å². The van der Waals surface area contributed by atoms with Crippen LogP contribution in [0.3, 0.4) is 0 Å². The van der Waals surface area contributed by atoms with Crippen LogP contribution < -0.4 is 5.32 Å². The van der Waals surface area contributed by atoms with Gasteiger partial charge in [-0.1, -0.05) is 11.3 Å². The lowest BCUT2D eigenvalue weighted by Crippen LogP contribution is -2.33. The maximum absolute atomic E-state index is 13.6. The SMILES string of the molecule is Cc1nc(N[C@@H]2CC2c2ccc(F)c(F)c2)c2nnn([C@@H]3C[C@H](OCCO)[C@@H](O)[C@H]3O)c2n1. The van der Waals surface area contributed by atoms with E-state index in [0.717, 1.165) is 12.5 Å². The molecule has 1 unspecified atom stereocenters. The van der Waals surface area contributed by atoms with Crippen molar-refractivity contribution >= 4 is 17.0 Å². The molecule has 2 aliphatic rings. The van der Waals surface area contributed by atoms with E-state index < -0.39 is 36.0 Å². The number of halogens is 2. The Kier molecular flexibility index (Phi) is 5.69. The topological polar surface area (TPSA) is 138 Å². The van der Waals surface area contributed by atoms with Crippen molar-refractivity contribution < 1.29 is 28.8 Å². The quantitative estimate of drug-likeness (QED) is 0.402. The first-order valence-corrected chi connectivity index (χ1v) is 10.8. The molecule has 33 heavy (non-hydrogen) atoms. The van der Waals surface area contributed by atoms with Gasteiger partial charge in [0.2, 0.25) is 0 Å². The van der Waals surface area contributed by atoms with Crippen LogP contribution in [0.5, 0.6) is 0 Å². The minimum Gasteiger partial charge on any atom is -0.394 e. The molecule has 6 atom stereocenters. The molecule has 3 aromatic rings. The zero-order valence-electron chi connectivity index (χ0n) is 17.8. The van der Waals surface area contributed by atoms with E-state index in [2.05, 4.69) is 25.6 Å². The van der Waals surface area contributed by atoms with Crippen LogP contribution in [-0.2, 0) is 4.74 Å². The van der Waals surface area contributed by atoms with Gasteiger partial charge >= 0.3 is 0 Å². The predicted molar refractivity (Wildman–Crippen MR) is 111 cm³/mol. The molecule has 0 aliphatic heterocycles. The average molecular weight is 462 g/mol. The summed E-state index contributed by atoms with van der Waals surface area (Å²) in [6.45, 7) is 1.58. The average Bonchev–Trinajstić information content (AvgIpc) is 3.34. The van der Waals surface area contributed by atoms with Crippen LogP contribution in [0.25, 0.3) is 11.2 Å². The maximum Gasteiger partial charge on any atom is 0.184 e. The fourth-order valence-electron chi connectivity index (χ4n) is 4.48. The van der Waals surface area contributed by atoms with Crippen molar-refractivity contribution in [3.63, 3.8) is 0 Å². The third-order valence-corrected chi connectivity index (χ3v) is 6.26. The van der Waals surface area contributed by atoms with Crippen molar-refractivity contribution in [1.29, 1.82) is 0 Å². The van der Waals surface area contributed by atoms with Gasteiger partial charge in [0.15, 0.2) is 28.6 Å². The Hall–Kier alpha value is -2.80. The molecule has 1 aromatic carbocycles. The number of ether oxygens (including phenoxy) is 1. The van der Waals surface area contributed by atoms with Gasteiger partial charge in [-0.15, -0.1) is 5.10 Å². The van der Waals surface area contributed by atoms with Crippen LogP contribution in [-0.4, -0.2) is 77.8 Å². The number of aliphatic hydroxyl groups is 3. The van der Waals surface area contributed by atoms with Crippen LogP contribution >= 0.6 is 0 Å². The second-order valence-electron chi connectivity index (χ2n) is 8.51. The van der Waals surface area contributed by atoms with Crippen LogP contribution in [0.1, 0.15) is 36.2 Å². The van der Waals surface area contributed by atoms with Gasteiger partial charge in [-0.25, -0.2) is 23.4 Å². The molecule has 10 nitrogen and oxygen atoms in total. The molecule has 0 radical (unpaired) electrons. The number of nitrogens with one attached hydrogen (secondary N) is 1. The van der Waals surface area contributed by atoms with Gasteiger partial charge in [-0.05, 0) is 31.0 Å². The highest BCUT2D eigenvalue weighted by Crippen LogP contribution is 2.43. The minimum atomic E-state index is -1.15. The van der Waals surface area contributed by atoms with Crippen LogP contribution in [0.15, 0.2) is 18.2 Å². The first-order valence-electron chi connectivity index (χ1n) is 10.8. The molecule has 0 bridgehead atoms. The highest BCUT2D eigenvalue weighted by atomic mass is 19.2. The molecular weight excluding hydrogens is 438 g/mol. The molecule has 5 rings (SSSR count). The molecule has 2 heterocycles. The van der Waals surface area contributed by atoms with E-state index in [4.69, 9.17) is 9.84 Å². The number of rotatable bonds is 7. The lowest BCUT2D eigenvalue weighted by atomic mass is 10.1. The molecule has 2 aliphatic carbocycles. The van der Waals surface area contributed by atoms with E-state index >= 15 is 0 Å². The summed E-state index contributed by atoms with van der Waals surface area (Å²) < 4.78 is 33.7. The molecule has 2 saturated carbocycles. The lowest BCUT2D eigenvalue weighted by molar-refractivity contribution is -0.0629. The Labute approximate surface area is 187 Å². The summed E-state index contributed by atoms with van der Waals surface area (Å²) in [5.41, 5.74) is 1.50. The molecule has 2 aromatic heterocycles. The van der Waals surface area contributed by atoms with Gasteiger partial charge in [-0.3, -0.25) is 0 Å². The monoisotopic (exact) mass is 462 g/mol. The summed E-state index contributed by atoms with van der Waals surface area (Å²) in [4.78, 5) is 8.87. The first-order chi connectivity index (χ1) is 15.9. The summed E-state index contributed by atoms with van der Waals surface area (Å²) in [6, 6.07) is 3.25. The standard InChI is InChI=1S/C21H24F2N6O4/c1-9-24-20(26-14-7-11(14)10-2-3-12(22)13(23)6-10)17-21(25-9)29(28-27-17)15-8-16(33-5-4-30)19(32)18(15)31/h2-3,6,11,14-16,18-19,30-32H,4-5,7-8H2,1H3,(H,24,25,26)/t11?,14-,15-,16+,18+,19-/m1/s1. The number of benzene rings is 1. The van der Waals surface area contributed by atoms with Crippen molar-refractivity contribution in [3.05, 3.63) is 41.2 Å². The second-order valence-corrected chi connectivity index (χ2v) is 8.51. The van der Waals surface area contributed by atoms with E-state index in [0.29, 0.717) is 28.4 Å². The third-order valence-electron chi connectivity index (χ3n) is 6.26. The Morgan fingerprint density at radius 3 is 2.73 bits per heavy atom. The summed E-state index contributed by atoms with van der Waals surface area (Å²) in [6.07, 6.45) is -1.94. The zero-order valence-corrected chi connectivity index (χ0v) is 17.8. The fourth-order valence-corrected chi connectivity index (χ4v) is 4.48. The number of fused-ring (bicyclic) bond motifs is 1. The van der Waals surface area contributed by atoms with Crippen LogP contribution in [0, 0.1) is 18.6 Å². The van der Waals surface area contributed by atoms with Crippen molar-refractivity contribution in [3.8, 4) is 0 Å². The van der Waals surface area contributed by atoms with Crippen molar-refractivity contribution in [2.24, 2.45) is 0 Å². The number of hydrogen-bond acceptors (Lipinski definition) is 9. The minimum absolute atomic E-state index is 0.0108. The molecule has 12 heteroatoms. The van der Waals surface area contributed by atoms with Gasteiger partial charge in [-0.2, -0.15) is 0 Å². The molecule has 176 valence electrons. The fraction of sp³-hybridized carbons (Fsp3) is 0.524. The maximum atomic E-state index is 13.6. The van der Waals surface area contributed by atoms with Gasteiger partial charge in [0, 0.05) is 18.4 Å². The Morgan fingerprint density at radius 2 is 1.97 bits per heavy atom. The third kappa shape index (κ3) is 4.03. The highest BCUT2D eigenvalue weighted by molar-refractivity contribution is 5.82. The second kappa shape index (κ2) is 8.52. The van der Waals surface area contributed by atoms with E-state index in [9.17, 15) is 19.0 Å². The first kappa shape index (κ1) is 22.0. The van der Waals surface area contributed by atoms with Gasteiger partial charge in [0.05, 0.1) is 25.4 Å². The summed E-state index contributed by atoms with van der Waals surface area (Å²) in [5, 5.41) is 41.5. The van der Waals surface area contributed by atoms with Gasteiger partial charge in [0.1, 0.15) is 18.0 Å². The van der Waals surface area contributed by atoms with Crippen LogP contribution in [0.4, 0.5) is 14.6 Å². The summed E-state index contributed by atoms with van der Waals surface area (Å²) >= 11 is 0. The highest BCUT2D eigenvalue weighted by Gasteiger charge is 2.45. The Bertz CT molecular complexity index is 1180. The zero-order chi connectivity index (χ0) is 23.3. The van der Waals surface area contributed by atoms with Gasteiger partial charge < -0.3 is 25.4 Å². The molecule has 0 saturated heterocycles. The number of anilines is 1. The molecule has 2 fully saturated rings. The summed E-state index contributed by atoms with van der Waals surface area (Å²) in [5.74, 6) is -0.826. The van der Waals surface area contributed by atoms with Crippen molar-refractivity contribution in [2.45, 2.75) is 56.1 Å². The lowest BCUT2D eigenvalue weighted by Gasteiger charge is -2.17. The number of aromatic nitrogens is 5. The van der Waals surface area contributed by atoms with E-state index in [1.54, 1.807) is 13.0 Å². The Balaban J connectivity index is 1.38. The normalized spacial score (nSPS) is 29.0. The molecule has 0 spiro atoms. The summed E-state index contributed by atoms with van der Waals surface area (Å²) in [7, 11) is 0. The Morgan fingerprint density at radius 1 is 1.15 bits per heavy atom. The van der Waals surface area contributed by atoms with Crippen molar-refractivity contribution in [2.75, 3.05) is 18.5 Å². The predicted octanol–water partition coefficient (Wildman–Crippen LogP) is 0.820. The van der Waals surface area contributed by atoms with E-state index in [1.807, 2.05) is 0 Å². The molecular formula is C21H24F2N6O4. The molecule has 4 N–H and O–H groups in total. The number of aryl methyl sites for hydroxylation is 1. The molecule has 0 amide bonds. The number of nitrogens with zero attached hydrogens (tertiary/aromatic N) is 5.